The average Bonchev–Trinajstić information content (AvgIpc) is 2.75. The summed E-state index contributed by atoms with van der Waals surface area (Å²) in [5.74, 6) is 0.546. The normalized spacial score (nSPS) is 48.8. The molecule has 4 nitrogen and oxygen atoms in total. The molecule has 5 rings (SSSR count). The average molecular weight is 499 g/mol. The highest BCUT2D eigenvalue weighted by atomic mass is 16.5. The summed E-state index contributed by atoms with van der Waals surface area (Å²) in [5.41, 5.74) is 1.50. The summed E-state index contributed by atoms with van der Waals surface area (Å²) < 4.78 is 5.87. The van der Waals surface area contributed by atoms with Crippen LogP contribution in [-0.4, -0.2) is 23.1 Å². The van der Waals surface area contributed by atoms with Crippen LogP contribution in [0.15, 0.2) is 11.6 Å². The minimum atomic E-state index is -0.574. The van der Waals surface area contributed by atoms with Gasteiger partial charge in [-0.05, 0) is 104 Å². The molecule has 0 aromatic rings. The molecule has 0 aromatic heterocycles. The molecule has 0 radical (unpaired) electrons. The molecule has 0 aliphatic heterocycles. The Morgan fingerprint density at radius 1 is 0.889 bits per heavy atom. The van der Waals surface area contributed by atoms with E-state index in [4.69, 9.17) is 4.74 Å². The molecule has 1 N–H and O–H groups in total. The molecule has 0 aromatic carbocycles. The van der Waals surface area contributed by atoms with Gasteiger partial charge >= 0.3 is 11.9 Å². The number of carbonyl (C=O) groups excluding carboxylic acids is 1. The zero-order valence-corrected chi connectivity index (χ0v) is 24.1. The van der Waals surface area contributed by atoms with Crippen molar-refractivity contribution in [3.8, 4) is 0 Å². The standard InChI is InChI=1S/C32H50O4/c1-20(33)36-25-12-13-29(6)23(28(25,4)5)11-14-31(8)24(29)10-9-21-22-19-27(2,3)15-17-32(22,26(34)35)18-16-30(21,31)7/h9,22-25H,10-19H2,1-8H3,(H,34,35)/t22-,23?,24+,25-,29-,30+,31+,32-/m0/s1. The topological polar surface area (TPSA) is 63.6 Å². The SMILES string of the molecule is CC(=O)O[C@H]1CC[C@@]2(C)C(CC[C@]3(C)[C@@H]2CC=C2[C@@H]4CC(C)(C)CC[C@]4(C(=O)O)CC[C@]23C)C1(C)C. The maximum absolute atomic E-state index is 12.8. The van der Waals surface area contributed by atoms with Crippen LogP contribution in [0.2, 0.25) is 0 Å². The summed E-state index contributed by atoms with van der Waals surface area (Å²) in [4.78, 5) is 24.7. The van der Waals surface area contributed by atoms with E-state index in [-0.39, 0.29) is 45.1 Å². The maximum atomic E-state index is 12.8. The first-order valence-electron chi connectivity index (χ1n) is 14.6. The Kier molecular flexibility index (Phi) is 5.74. The van der Waals surface area contributed by atoms with Crippen LogP contribution in [0, 0.1) is 50.2 Å². The molecule has 8 atom stereocenters. The Bertz CT molecular complexity index is 992. The number of allylic oxidation sites excluding steroid dienone is 2. The largest absolute Gasteiger partial charge is 0.481 e. The zero-order valence-electron chi connectivity index (χ0n) is 24.1. The van der Waals surface area contributed by atoms with Gasteiger partial charge in [-0.3, -0.25) is 9.59 Å². The highest BCUT2D eigenvalue weighted by molar-refractivity contribution is 5.76. The number of fused-ring (bicyclic) bond motifs is 7. The van der Waals surface area contributed by atoms with Crippen molar-refractivity contribution in [2.45, 2.75) is 126 Å². The fourth-order valence-electron chi connectivity index (χ4n) is 11.0. The van der Waals surface area contributed by atoms with Gasteiger partial charge in [0.2, 0.25) is 0 Å². The summed E-state index contributed by atoms with van der Waals surface area (Å²) in [5, 5.41) is 10.5. The van der Waals surface area contributed by atoms with E-state index in [0.29, 0.717) is 11.8 Å². The van der Waals surface area contributed by atoms with E-state index < -0.39 is 11.4 Å². The van der Waals surface area contributed by atoms with Gasteiger partial charge in [0.25, 0.3) is 0 Å². The van der Waals surface area contributed by atoms with Crippen LogP contribution in [0.25, 0.3) is 0 Å². The lowest BCUT2D eigenvalue weighted by molar-refractivity contribution is -0.213. The van der Waals surface area contributed by atoms with Crippen LogP contribution in [0.4, 0.5) is 0 Å². The molecule has 4 heteroatoms. The third-order valence-electron chi connectivity index (χ3n) is 13.3. The summed E-state index contributed by atoms with van der Waals surface area (Å²) >= 11 is 0. The van der Waals surface area contributed by atoms with Gasteiger partial charge in [0.05, 0.1) is 5.41 Å². The van der Waals surface area contributed by atoms with Crippen LogP contribution >= 0.6 is 0 Å². The van der Waals surface area contributed by atoms with Crippen molar-refractivity contribution in [2.75, 3.05) is 0 Å². The number of ether oxygens (including phenoxy) is 1. The molecule has 1 unspecified atom stereocenters. The van der Waals surface area contributed by atoms with Crippen LogP contribution < -0.4 is 0 Å². The number of rotatable bonds is 2. The quantitative estimate of drug-likeness (QED) is 0.311. The number of carboxylic acid groups (broad SMARTS) is 1. The second-order valence-corrected chi connectivity index (χ2v) is 15.6. The first kappa shape index (κ1) is 26.3. The van der Waals surface area contributed by atoms with Gasteiger partial charge in [0.15, 0.2) is 0 Å². The smallest absolute Gasteiger partial charge is 0.310 e. The fraction of sp³-hybridized carbons (Fsp3) is 0.875. The van der Waals surface area contributed by atoms with Crippen molar-refractivity contribution >= 4 is 11.9 Å². The molecular formula is C32H50O4. The van der Waals surface area contributed by atoms with Gasteiger partial charge in [-0.1, -0.05) is 60.1 Å². The summed E-state index contributed by atoms with van der Waals surface area (Å²) in [6, 6.07) is 0. The Balaban J connectivity index is 1.55. The second-order valence-electron chi connectivity index (χ2n) is 15.6. The molecule has 4 fully saturated rings. The molecule has 4 saturated carbocycles. The van der Waals surface area contributed by atoms with Crippen LogP contribution in [-0.2, 0) is 14.3 Å². The van der Waals surface area contributed by atoms with Gasteiger partial charge in [-0.25, -0.2) is 0 Å². The Labute approximate surface area is 219 Å². The molecule has 0 saturated heterocycles. The third kappa shape index (κ3) is 3.30. The van der Waals surface area contributed by atoms with Gasteiger partial charge < -0.3 is 9.84 Å². The van der Waals surface area contributed by atoms with Crippen molar-refractivity contribution in [3.63, 3.8) is 0 Å². The van der Waals surface area contributed by atoms with Crippen LogP contribution in [0.3, 0.4) is 0 Å². The monoisotopic (exact) mass is 498 g/mol. The minimum Gasteiger partial charge on any atom is -0.481 e. The van der Waals surface area contributed by atoms with Crippen molar-refractivity contribution < 1.29 is 19.4 Å². The maximum Gasteiger partial charge on any atom is 0.310 e. The highest BCUT2D eigenvalue weighted by Crippen LogP contribution is 2.75. The Morgan fingerprint density at radius 2 is 1.56 bits per heavy atom. The predicted octanol–water partition coefficient (Wildman–Crippen LogP) is 7.80. The van der Waals surface area contributed by atoms with Gasteiger partial charge in [0, 0.05) is 12.3 Å². The van der Waals surface area contributed by atoms with Crippen molar-refractivity contribution in [1.29, 1.82) is 0 Å². The molecule has 36 heavy (non-hydrogen) atoms. The molecule has 202 valence electrons. The molecule has 0 heterocycles. The van der Waals surface area contributed by atoms with E-state index in [9.17, 15) is 14.7 Å². The van der Waals surface area contributed by atoms with Crippen molar-refractivity contribution in [2.24, 2.45) is 50.2 Å². The molecule has 5 aliphatic rings. The van der Waals surface area contributed by atoms with Gasteiger partial charge in [-0.15, -0.1) is 0 Å². The van der Waals surface area contributed by atoms with E-state index in [1.54, 1.807) is 6.92 Å². The van der Waals surface area contributed by atoms with E-state index >= 15 is 0 Å². The number of hydrogen-bond donors (Lipinski definition) is 1. The van der Waals surface area contributed by atoms with E-state index in [2.05, 4.69) is 54.5 Å². The first-order chi connectivity index (χ1) is 16.5. The van der Waals surface area contributed by atoms with Gasteiger partial charge in [0.1, 0.15) is 6.10 Å². The predicted molar refractivity (Wildman–Crippen MR) is 142 cm³/mol. The number of aliphatic carboxylic acids is 1. The molecule has 5 aliphatic carbocycles. The van der Waals surface area contributed by atoms with E-state index in [0.717, 1.165) is 57.8 Å². The van der Waals surface area contributed by atoms with E-state index in [1.807, 2.05) is 0 Å². The summed E-state index contributed by atoms with van der Waals surface area (Å²) in [7, 11) is 0. The van der Waals surface area contributed by atoms with Gasteiger partial charge in [-0.2, -0.15) is 0 Å². The Hall–Kier alpha value is -1.32. The van der Waals surface area contributed by atoms with Crippen LogP contribution in [0.5, 0.6) is 0 Å². The van der Waals surface area contributed by atoms with E-state index in [1.165, 1.54) is 12.0 Å². The molecular weight excluding hydrogens is 448 g/mol. The number of carboxylic acids is 1. The zero-order chi connectivity index (χ0) is 26.5. The lowest BCUT2D eigenvalue weighted by atomic mass is 9.33. The number of hydrogen-bond acceptors (Lipinski definition) is 3. The number of carbonyl (C=O) groups is 2. The van der Waals surface area contributed by atoms with Crippen molar-refractivity contribution in [1.82, 2.24) is 0 Å². The van der Waals surface area contributed by atoms with Crippen LogP contribution in [0.1, 0.15) is 120 Å². The van der Waals surface area contributed by atoms with Crippen molar-refractivity contribution in [3.05, 3.63) is 11.6 Å². The lowest BCUT2D eigenvalue weighted by Crippen LogP contribution is -2.65. The lowest BCUT2D eigenvalue weighted by Gasteiger charge is -2.71. The summed E-state index contributed by atoms with van der Waals surface area (Å²) in [6.07, 6.45) is 12.6. The first-order valence-corrected chi connectivity index (χ1v) is 14.6. The molecule has 0 amide bonds. The summed E-state index contributed by atoms with van der Waals surface area (Å²) in [6.45, 7) is 18.5. The third-order valence-corrected chi connectivity index (χ3v) is 13.3. The molecule has 0 spiro atoms. The molecule has 0 bridgehead atoms. The Morgan fingerprint density at radius 3 is 2.19 bits per heavy atom. The highest BCUT2D eigenvalue weighted by Gasteiger charge is 2.69. The number of esters is 1. The fourth-order valence-corrected chi connectivity index (χ4v) is 11.0. The minimum absolute atomic E-state index is 0.00181. The second kappa shape index (κ2) is 7.85.